The molecule has 120 valence electrons. The molecule has 2 aliphatic rings. The van der Waals surface area contributed by atoms with Crippen molar-refractivity contribution in [3.05, 3.63) is 29.1 Å². The topological polar surface area (TPSA) is 36.4 Å². The van der Waals surface area contributed by atoms with Crippen LogP contribution >= 0.6 is 0 Å². The Kier molecular flexibility index (Phi) is 4.48. The number of nitrogens with zero attached hydrogens (tertiary/aromatic N) is 3. The van der Waals surface area contributed by atoms with Gasteiger partial charge >= 0.3 is 0 Å². The SMILES string of the molecule is CC(C)c1ccc2c(n1)CCN(C(=O)C1CCCCN1C)C2. The van der Waals surface area contributed by atoms with E-state index in [1.54, 1.807) is 0 Å². The summed E-state index contributed by atoms with van der Waals surface area (Å²) in [6, 6.07) is 4.37. The molecule has 0 radical (unpaired) electrons. The standard InChI is InChI=1S/C18H27N3O/c1-13(2)15-8-7-14-12-21(11-9-16(14)19-15)18(22)17-6-4-5-10-20(17)3/h7-8,13,17H,4-6,9-12H2,1-3H3. The molecule has 1 aromatic rings. The number of aromatic nitrogens is 1. The molecular formula is C18H27N3O. The van der Waals surface area contributed by atoms with Gasteiger partial charge in [0.05, 0.1) is 6.04 Å². The van der Waals surface area contributed by atoms with E-state index in [0.717, 1.165) is 38.2 Å². The van der Waals surface area contributed by atoms with Gasteiger partial charge in [-0.1, -0.05) is 26.3 Å². The largest absolute Gasteiger partial charge is 0.337 e. The van der Waals surface area contributed by atoms with Gasteiger partial charge in [0, 0.05) is 30.9 Å². The van der Waals surface area contributed by atoms with Gasteiger partial charge in [0.15, 0.2) is 0 Å². The molecular weight excluding hydrogens is 274 g/mol. The molecule has 1 atom stereocenters. The molecule has 22 heavy (non-hydrogen) atoms. The van der Waals surface area contributed by atoms with E-state index in [1.165, 1.54) is 24.1 Å². The molecule has 4 nitrogen and oxygen atoms in total. The van der Waals surface area contributed by atoms with Gasteiger partial charge in [-0.3, -0.25) is 14.7 Å². The van der Waals surface area contributed by atoms with Crippen LogP contribution in [-0.4, -0.2) is 46.9 Å². The van der Waals surface area contributed by atoms with E-state index < -0.39 is 0 Å². The first-order valence-electron chi connectivity index (χ1n) is 8.54. The summed E-state index contributed by atoms with van der Waals surface area (Å²) in [7, 11) is 2.08. The van der Waals surface area contributed by atoms with E-state index in [-0.39, 0.29) is 6.04 Å². The Hall–Kier alpha value is -1.42. The number of pyridine rings is 1. The molecule has 3 heterocycles. The minimum atomic E-state index is 0.0817. The third kappa shape index (κ3) is 3.02. The van der Waals surface area contributed by atoms with E-state index in [9.17, 15) is 4.79 Å². The van der Waals surface area contributed by atoms with Crippen LogP contribution in [0.15, 0.2) is 12.1 Å². The van der Waals surface area contributed by atoms with Crippen LogP contribution in [0.3, 0.4) is 0 Å². The number of hydrogen-bond acceptors (Lipinski definition) is 3. The van der Waals surface area contributed by atoms with Crippen LogP contribution in [0.4, 0.5) is 0 Å². The first-order valence-corrected chi connectivity index (χ1v) is 8.54. The van der Waals surface area contributed by atoms with Crippen molar-refractivity contribution in [1.82, 2.24) is 14.8 Å². The highest BCUT2D eigenvalue weighted by atomic mass is 16.2. The zero-order valence-electron chi connectivity index (χ0n) is 14.0. The molecule has 4 heteroatoms. The summed E-state index contributed by atoms with van der Waals surface area (Å²) in [6.45, 7) is 6.92. The Morgan fingerprint density at radius 1 is 1.27 bits per heavy atom. The summed E-state index contributed by atoms with van der Waals surface area (Å²) < 4.78 is 0. The molecule has 0 bridgehead atoms. The molecule has 0 N–H and O–H groups in total. The number of fused-ring (bicyclic) bond motifs is 1. The van der Waals surface area contributed by atoms with Gasteiger partial charge in [0.25, 0.3) is 0 Å². The van der Waals surface area contributed by atoms with Crippen LogP contribution in [0.1, 0.15) is 56.0 Å². The minimum absolute atomic E-state index is 0.0817. The molecule has 1 saturated heterocycles. The first kappa shape index (κ1) is 15.5. The van der Waals surface area contributed by atoms with Crippen molar-refractivity contribution >= 4 is 5.91 Å². The number of rotatable bonds is 2. The van der Waals surface area contributed by atoms with E-state index in [2.05, 4.69) is 37.9 Å². The lowest BCUT2D eigenvalue weighted by Gasteiger charge is -2.37. The van der Waals surface area contributed by atoms with Crippen molar-refractivity contribution in [2.24, 2.45) is 0 Å². The van der Waals surface area contributed by atoms with Crippen LogP contribution in [0.2, 0.25) is 0 Å². The molecule has 0 saturated carbocycles. The summed E-state index contributed by atoms with van der Waals surface area (Å²) >= 11 is 0. The van der Waals surface area contributed by atoms with E-state index in [0.29, 0.717) is 11.8 Å². The van der Waals surface area contributed by atoms with Crippen molar-refractivity contribution in [3.8, 4) is 0 Å². The van der Waals surface area contributed by atoms with Crippen molar-refractivity contribution in [2.75, 3.05) is 20.1 Å². The van der Waals surface area contributed by atoms with Gasteiger partial charge in [-0.2, -0.15) is 0 Å². The Bertz CT molecular complexity index is 555. The average Bonchev–Trinajstić information content (AvgIpc) is 2.53. The smallest absolute Gasteiger partial charge is 0.240 e. The third-order valence-corrected chi connectivity index (χ3v) is 5.03. The lowest BCUT2D eigenvalue weighted by Crippen LogP contribution is -2.50. The summed E-state index contributed by atoms with van der Waals surface area (Å²) in [4.78, 5) is 21.9. The third-order valence-electron chi connectivity index (χ3n) is 5.03. The molecule has 0 spiro atoms. The highest BCUT2D eigenvalue weighted by molar-refractivity contribution is 5.82. The van der Waals surface area contributed by atoms with Gasteiger partial charge in [-0.15, -0.1) is 0 Å². The number of piperidine rings is 1. The van der Waals surface area contributed by atoms with Gasteiger partial charge in [0.1, 0.15) is 0 Å². The lowest BCUT2D eigenvalue weighted by molar-refractivity contribution is -0.138. The fraction of sp³-hybridized carbons (Fsp3) is 0.667. The highest BCUT2D eigenvalue weighted by Crippen LogP contribution is 2.24. The zero-order chi connectivity index (χ0) is 15.7. The van der Waals surface area contributed by atoms with Crippen LogP contribution in [0.25, 0.3) is 0 Å². The fourth-order valence-corrected chi connectivity index (χ4v) is 3.54. The first-order chi connectivity index (χ1) is 10.6. The van der Waals surface area contributed by atoms with Crippen molar-refractivity contribution < 1.29 is 4.79 Å². The van der Waals surface area contributed by atoms with Crippen LogP contribution in [0, 0.1) is 0 Å². The van der Waals surface area contributed by atoms with Crippen LogP contribution in [0.5, 0.6) is 0 Å². The quantitative estimate of drug-likeness (QED) is 0.842. The Balaban J connectivity index is 1.72. The number of likely N-dealkylation sites (N-methyl/N-ethyl adjacent to an activating group) is 1. The predicted octanol–water partition coefficient (Wildman–Crippen LogP) is 2.57. The normalized spacial score (nSPS) is 22.7. The Morgan fingerprint density at radius 2 is 2.09 bits per heavy atom. The second-order valence-electron chi connectivity index (χ2n) is 7.00. The molecule has 1 fully saturated rings. The Morgan fingerprint density at radius 3 is 2.82 bits per heavy atom. The lowest BCUT2D eigenvalue weighted by atomic mass is 9.98. The molecule has 0 aromatic carbocycles. The second-order valence-corrected chi connectivity index (χ2v) is 7.00. The van der Waals surface area contributed by atoms with Gasteiger partial charge in [-0.05, 0) is 44.0 Å². The predicted molar refractivity (Wildman–Crippen MR) is 87.7 cm³/mol. The number of carbonyl (C=O) groups excluding carboxylic acids is 1. The summed E-state index contributed by atoms with van der Waals surface area (Å²) in [5, 5.41) is 0. The van der Waals surface area contributed by atoms with Crippen LogP contribution in [-0.2, 0) is 17.8 Å². The maximum Gasteiger partial charge on any atom is 0.240 e. The average molecular weight is 301 g/mol. The maximum absolute atomic E-state index is 12.8. The molecule has 1 amide bonds. The van der Waals surface area contributed by atoms with Crippen molar-refractivity contribution in [3.63, 3.8) is 0 Å². The molecule has 0 aliphatic carbocycles. The number of hydrogen-bond donors (Lipinski definition) is 0. The number of carbonyl (C=O) groups is 1. The highest BCUT2D eigenvalue weighted by Gasteiger charge is 2.31. The van der Waals surface area contributed by atoms with Crippen molar-refractivity contribution in [2.45, 2.75) is 58.0 Å². The number of amides is 1. The van der Waals surface area contributed by atoms with Crippen LogP contribution < -0.4 is 0 Å². The van der Waals surface area contributed by atoms with Gasteiger partial charge in [-0.25, -0.2) is 0 Å². The molecule has 1 unspecified atom stereocenters. The van der Waals surface area contributed by atoms with Gasteiger partial charge in [0.2, 0.25) is 5.91 Å². The summed E-state index contributed by atoms with van der Waals surface area (Å²) in [5.41, 5.74) is 3.57. The fourth-order valence-electron chi connectivity index (χ4n) is 3.54. The molecule has 1 aromatic heterocycles. The number of likely N-dealkylation sites (tertiary alicyclic amines) is 1. The van der Waals surface area contributed by atoms with Crippen molar-refractivity contribution in [1.29, 1.82) is 0 Å². The molecule has 2 aliphatic heterocycles. The van der Waals surface area contributed by atoms with Gasteiger partial charge < -0.3 is 4.90 Å². The van der Waals surface area contributed by atoms with E-state index >= 15 is 0 Å². The van der Waals surface area contributed by atoms with E-state index in [1.807, 2.05) is 4.90 Å². The molecule has 3 rings (SSSR count). The minimum Gasteiger partial charge on any atom is -0.337 e. The zero-order valence-corrected chi connectivity index (χ0v) is 14.0. The summed E-state index contributed by atoms with van der Waals surface area (Å²) in [5.74, 6) is 0.765. The monoisotopic (exact) mass is 301 g/mol. The maximum atomic E-state index is 12.8. The Labute approximate surface area is 133 Å². The second kappa shape index (κ2) is 6.37. The van der Waals surface area contributed by atoms with E-state index in [4.69, 9.17) is 4.98 Å². The summed E-state index contributed by atoms with van der Waals surface area (Å²) in [6.07, 6.45) is 4.27.